The van der Waals surface area contributed by atoms with Crippen LogP contribution in [0.2, 0.25) is 0 Å². The second-order valence-electron chi connectivity index (χ2n) is 9.83. The molecule has 0 saturated carbocycles. The highest BCUT2D eigenvalue weighted by atomic mass is 16.7. The molecule has 0 aromatic carbocycles. The van der Waals surface area contributed by atoms with E-state index in [0.717, 1.165) is 51.7 Å². The number of nitrogens with zero attached hydrogens (tertiary/aromatic N) is 2. The Labute approximate surface area is 200 Å². The average Bonchev–Trinajstić information content (AvgIpc) is 2.75. The van der Waals surface area contributed by atoms with Gasteiger partial charge in [-0.25, -0.2) is 4.79 Å². The van der Waals surface area contributed by atoms with Crippen LogP contribution in [0.1, 0.15) is 125 Å². The van der Waals surface area contributed by atoms with E-state index in [0.29, 0.717) is 0 Å². The minimum absolute atomic E-state index is 0.558. The zero-order valence-corrected chi connectivity index (χ0v) is 22.3. The fourth-order valence-electron chi connectivity index (χ4n) is 4.32. The van der Waals surface area contributed by atoms with E-state index in [9.17, 15) is 9.90 Å². The first kappa shape index (κ1) is 31.2. The van der Waals surface area contributed by atoms with Crippen molar-refractivity contribution in [3.05, 3.63) is 0 Å². The number of ether oxygens (including phenoxy) is 1. The van der Waals surface area contributed by atoms with Gasteiger partial charge >= 0.3 is 6.16 Å². The summed E-state index contributed by atoms with van der Waals surface area (Å²) in [4.78, 5) is 16.5. The van der Waals surface area contributed by atoms with Crippen LogP contribution in [0, 0.1) is 0 Å². The Bertz CT molecular complexity index is 417. The van der Waals surface area contributed by atoms with Crippen molar-refractivity contribution in [3.63, 3.8) is 0 Å². The van der Waals surface area contributed by atoms with Crippen molar-refractivity contribution >= 4 is 6.16 Å². The highest BCUT2D eigenvalue weighted by molar-refractivity contribution is 5.57. The maximum atomic E-state index is 11.3. The van der Waals surface area contributed by atoms with Gasteiger partial charge in [0, 0.05) is 0 Å². The molecule has 0 spiro atoms. The molecule has 1 N–H and O–H groups in total. The molecule has 0 aliphatic heterocycles. The van der Waals surface area contributed by atoms with Crippen LogP contribution in [0.5, 0.6) is 0 Å². The number of hydrogen-bond acceptors (Lipinski definition) is 4. The molecular weight excluding hydrogens is 400 g/mol. The third kappa shape index (κ3) is 17.7. The largest absolute Gasteiger partial charge is 0.506 e. The Balaban J connectivity index is 4.45. The summed E-state index contributed by atoms with van der Waals surface area (Å²) in [5.74, 6) is 0. The number of carboxylic acid groups (broad SMARTS) is 1. The van der Waals surface area contributed by atoms with E-state index in [1.54, 1.807) is 0 Å². The third-order valence-corrected chi connectivity index (χ3v) is 6.51. The molecule has 0 aliphatic carbocycles. The van der Waals surface area contributed by atoms with E-state index in [-0.39, 0.29) is 0 Å². The molecule has 0 amide bonds. The lowest BCUT2D eigenvalue weighted by Crippen LogP contribution is -2.34. The second kappa shape index (κ2) is 20.8. The molecule has 192 valence electrons. The topological polar surface area (TPSA) is 53.0 Å². The van der Waals surface area contributed by atoms with Crippen LogP contribution in [0.25, 0.3) is 0 Å². The van der Waals surface area contributed by atoms with Crippen molar-refractivity contribution in [1.29, 1.82) is 0 Å². The van der Waals surface area contributed by atoms with Crippen LogP contribution in [0.4, 0.5) is 4.79 Å². The number of unbranched alkanes of at least 4 members (excludes halogenated alkanes) is 6. The maximum absolute atomic E-state index is 11.3. The summed E-state index contributed by atoms with van der Waals surface area (Å²) < 4.78 is 5.40. The quantitative estimate of drug-likeness (QED) is 0.127. The predicted molar refractivity (Wildman–Crippen MR) is 138 cm³/mol. The predicted octanol–water partition coefficient (Wildman–Crippen LogP) is 7.58. The van der Waals surface area contributed by atoms with E-state index in [4.69, 9.17) is 4.74 Å². The molecule has 0 radical (unpaired) electrons. The van der Waals surface area contributed by atoms with E-state index >= 15 is 0 Å². The molecule has 0 saturated heterocycles. The third-order valence-electron chi connectivity index (χ3n) is 6.51. The van der Waals surface area contributed by atoms with Crippen LogP contribution < -0.4 is 0 Å². The van der Waals surface area contributed by atoms with Gasteiger partial charge in [-0.05, 0) is 104 Å². The van der Waals surface area contributed by atoms with Gasteiger partial charge in [0.2, 0.25) is 0 Å². The normalized spacial score (nSPS) is 13.6. The lowest BCUT2D eigenvalue weighted by Gasteiger charge is -2.30. The van der Waals surface area contributed by atoms with Gasteiger partial charge < -0.3 is 19.6 Å². The molecular formula is C27H56N2O3. The van der Waals surface area contributed by atoms with Crippen LogP contribution in [-0.2, 0) is 4.74 Å². The van der Waals surface area contributed by atoms with Gasteiger partial charge in [0.25, 0.3) is 0 Å². The first-order valence-electron chi connectivity index (χ1n) is 13.8. The van der Waals surface area contributed by atoms with E-state index in [1.165, 1.54) is 77.4 Å². The molecule has 0 rings (SSSR count). The highest BCUT2D eigenvalue weighted by Crippen LogP contribution is 2.26. The van der Waals surface area contributed by atoms with Gasteiger partial charge in [0.05, 0.1) is 0 Å². The van der Waals surface area contributed by atoms with Gasteiger partial charge in [0.15, 0.2) is 0 Å². The molecule has 5 heteroatoms. The van der Waals surface area contributed by atoms with Crippen LogP contribution in [0.3, 0.4) is 0 Å². The molecule has 0 fully saturated rings. The average molecular weight is 457 g/mol. The lowest BCUT2D eigenvalue weighted by atomic mass is 9.92. The monoisotopic (exact) mass is 456 g/mol. The summed E-state index contributed by atoms with van der Waals surface area (Å²) >= 11 is 0. The van der Waals surface area contributed by atoms with Crippen molar-refractivity contribution in [3.8, 4) is 0 Å². The van der Waals surface area contributed by atoms with Gasteiger partial charge in [-0.3, -0.25) is 0 Å². The van der Waals surface area contributed by atoms with Crippen molar-refractivity contribution in [2.75, 3.05) is 39.3 Å². The molecule has 5 nitrogen and oxygen atoms in total. The van der Waals surface area contributed by atoms with Gasteiger partial charge in [0.1, 0.15) is 5.60 Å². The minimum atomic E-state index is -1.13. The summed E-state index contributed by atoms with van der Waals surface area (Å²) in [6, 6.07) is 0. The molecule has 0 bridgehead atoms. The van der Waals surface area contributed by atoms with Crippen LogP contribution in [-0.4, -0.2) is 65.9 Å². The summed E-state index contributed by atoms with van der Waals surface area (Å²) in [7, 11) is 0. The second-order valence-corrected chi connectivity index (χ2v) is 9.83. The van der Waals surface area contributed by atoms with Crippen molar-refractivity contribution < 1.29 is 14.6 Å². The molecule has 32 heavy (non-hydrogen) atoms. The van der Waals surface area contributed by atoms with Gasteiger partial charge in [-0.1, -0.05) is 59.8 Å². The van der Waals surface area contributed by atoms with Gasteiger partial charge in [-0.2, -0.15) is 0 Å². The molecule has 0 aliphatic rings. The Morgan fingerprint density at radius 2 is 1.00 bits per heavy atom. The Hall–Kier alpha value is -0.810. The maximum Gasteiger partial charge on any atom is 0.506 e. The fourth-order valence-corrected chi connectivity index (χ4v) is 4.32. The lowest BCUT2D eigenvalue weighted by molar-refractivity contribution is -0.0216. The Morgan fingerprint density at radius 1 is 0.625 bits per heavy atom. The van der Waals surface area contributed by atoms with Crippen molar-refractivity contribution in [2.24, 2.45) is 0 Å². The first-order chi connectivity index (χ1) is 15.4. The van der Waals surface area contributed by atoms with Gasteiger partial charge in [-0.15, -0.1) is 0 Å². The standard InChI is InChI=1S/C27H56N2O3/c1-6-10-20-28(21-11-7-2)24-16-14-15-18-27(5,32-26(30)31)19-17-25-29(22-12-8-3)23-13-9-4/h6-25H2,1-5H3,(H,30,31). The number of hydrogen-bond donors (Lipinski definition) is 1. The molecule has 1 unspecified atom stereocenters. The Kier molecular flexibility index (Phi) is 20.2. The minimum Gasteiger partial charge on any atom is -0.450 e. The van der Waals surface area contributed by atoms with Crippen LogP contribution in [0.15, 0.2) is 0 Å². The summed E-state index contributed by atoms with van der Waals surface area (Å²) in [6.45, 7) is 17.9. The zero-order valence-electron chi connectivity index (χ0n) is 22.3. The van der Waals surface area contributed by atoms with E-state index in [2.05, 4.69) is 37.5 Å². The van der Waals surface area contributed by atoms with E-state index in [1.807, 2.05) is 6.92 Å². The van der Waals surface area contributed by atoms with E-state index < -0.39 is 11.8 Å². The highest BCUT2D eigenvalue weighted by Gasteiger charge is 2.28. The van der Waals surface area contributed by atoms with Crippen LogP contribution >= 0.6 is 0 Å². The summed E-state index contributed by atoms with van der Waals surface area (Å²) in [6.07, 6.45) is 14.9. The van der Waals surface area contributed by atoms with Crippen molar-refractivity contribution in [1.82, 2.24) is 9.80 Å². The number of rotatable bonds is 23. The SMILES string of the molecule is CCCCN(CCCC)CCCCCC(C)(CCCN(CCCC)CCCC)OC(=O)O. The summed E-state index contributed by atoms with van der Waals surface area (Å²) in [5.41, 5.74) is -0.558. The smallest absolute Gasteiger partial charge is 0.450 e. The molecule has 1 atom stereocenters. The molecule has 0 aromatic rings. The zero-order chi connectivity index (χ0) is 24.1. The fraction of sp³-hybridized carbons (Fsp3) is 0.963. The molecule has 0 heterocycles. The first-order valence-corrected chi connectivity index (χ1v) is 13.8. The molecule has 0 aromatic heterocycles. The summed E-state index contributed by atoms with van der Waals surface area (Å²) in [5, 5.41) is 9.29. The van der Waals surface area contributed by atoms with Crippen molar-refractivity contribution in [2.45, 2.75) is 130 Å². The Morgan fingerprint density at radius 3 is 1.41 bits per heavy atom. The number of carbonyl (C=O) groups is 1.